The summed E-state index contributed by atoms with van der Waals surface area (Å²) in [6.45, 7) is -1.16. The molecule has 0 saturated heterocycles. The molecule has 1 aliphatic carbocycles. The SMILES string of the molecule is FC(F)n1ccnc1CNCC1CCC1. The highest BCUT2D eigenvalue weighted by atomic mass is 19.3. The molecule has 0 aliphatic heterocycles. The van der Waals surface area contributed by atoms with Crippen molar-refractivity contribution >= 4 is 0 Å². The van der Waals surface area contributed by atoms with Crippen molar-refractivity contribution in [1.29, 1.82) is 0 Å². The Kier molecular flexibility index (Phi) is 3.30. The van der Waals surface area contributed by atoms with Gasteiger partial charge in [-0.1, -0.05) is 6.42 Å². The van der Waals surface area contributed by atoms with E-state index in [1.54, 1.807) is 0 Å². The summed E-state index contributed by atoms with van der Waals surface area (Å²) in [5.41, 5.74) is 0. The molecule has 1 aliphatic rings. The Morgan fingerprint density at radius 1 is 1.53 bits per heavy atom. The van der Waals surface area contributed by atoms with E-state index >= 15 is 0 Å². The molecule has 0 spiro atoms. The Morgan fingerprint density at radius 3 is 2.93 bits per heavy atom. The van der Waals surface area contributed by atoms with Gasteiger partial charge in [-0.2, -0.15) is 8.78 Å². The zero-order valence-electron chi connectivity index (χ0n) is 8.50. The predicted octanol–water partition coefficient (Wildman–Crippen LogP) is 2.17. The first-order chi connectivity index (χ1) is 7.27. The first-order valence-electron chi connectivity index (χ1n) is 5.28. The molecule has 5 heteroatoms. The maximum absolute atomic E-state index is 12.4. The lowest BCUT2D eigenvalue weighted by Gasteiger charge is -2.25. The van der Waals surface area contributed by atoms with Crippen LogP contribution in [0.2, 0.25) is 0 Å². The van der Waals surface area contributed by atoms with Gasteiger partial charge in [0.05, 0.1) is 6.54 Å². The Balaban J connectivity index is 1.79. The summed E-state index contributed by atoms with van der Waals surface area (Å²) in [7, 11) is 0. The molecule has 0 radical (unpaired) electrons. The average Bonchev–Trinajstić information content (AvgIpc) is 2.57. The average molecular weight is 215 g/mol. The van der Waals surface area contributed by atoms with Crippen LogP contribution < -0.4 is 5.32 Å². The molecule has 1 aromatic rings. The third-order valence-corrected chi connectivity index (χ3v) is 2.90. The quantitative estimate of drug-likeness (QED) is 0.815. The van der Waals surface area contributed by atoms with Crippen molar-refractivity contribution in [1.82, 2.24) is 14.9 Å². The third kappa shape index (κ3) is 2.53. The van der Waals surface area contributed by atoms with Crippen molar-refractivity contribution in [2.24, 2.45) is 5.92 Å². The third-order valence-electron chi connectivity index (χ3n) is 2.90. The van der Waals surface area contributed by atoms with Gasteiger partial charge in [0.1, 0.15) is 5.82 Å². The van der Waals surface area contributed by atoms with Crippen molar-refractivity contribution in [3.8, 4) is 0 Å². The van der Waals surface area contributed by atoms with E-state index in [4.69, 9.17) is 0 Å². The van der Waals surface area contributed by atoms with Gasteiger partial charge in [0.15, 0.2) is 0 Å². The maximum atomic E-state index is 12.4. The number of nitrogens with one attached hydrogen (secondary N) is 1. The first-order valence-corrected chi connectivity index (χ1v) is 5.28. The normalized spacial score (nSPS) is 17.0. The van der Waals surface area contributed by atoms with E-state index in [0.29, 0.717) is 12.4 Å². The second-order valence-corrected chi connectivity index (χ2v) is 3.96. The van der Waals surface area contributed by atoms with E-state index in [0.717, 1.165) is 17.0 Å². The number of nitrogens with zero attached hydrogens (tertiary/aromatic N) is 2. The van der Waals surface area contributed by atoms with Gasteiger partial charge in [0.25, 0.3) is 0 Å². The Labute approximate surface area is 87.5 Å². The molecule has 0 atom stereocenters. The first kappa shape index (κ1) is 10.5. The Morgan fingerprint density at radius 2 is 2.33 bits per heavy atom. The molecule has 0 amide bonds. The molecule has 15 heavy (non-hydrogen) atoms. The number of hydrogen-bond donors (Lipinski definition) is 1. The molecule has 1 aromatic heterocycles. The second-order valence-electron chi connectivity index (χ2n) is 3.96. The maximum Gasteiger partial charge on any atom is 0.319 e. The lowest BCUT2D eigenvalue weighted by Crippen LogP contribution is -2.28. The van der Waals surface area contributed by atoms with Crippen LogP contribution in [0.25, 0.3) is 0 Å². The van der Waals surface area contributed by atoms with Crippen LogP contribution in [0.1, 0.15) is 31.6 Å². The highest BCUT2D eigenvalue weighted by Crippen LogP contribution is 2.25. The largest absolute Gasteiger partial charge is 0.319 e. The molecular weight excluding hydrogens is 200 g/mol. The van der Waals surface area contributed by atoms with Gasteiger partial charge in [0, 0.05) is 12.4 Å². The molecule has 84 valence electrons. The zero-order valence-corrected chi connectivity index (χ0v) is 8.50. The minimum Gasteiger partial charge on any atom is -0.310 e. The summed E-state index contributed by atoms with van der Waals surface area (Å²) in [6, 6.07) is 0. The van der Waals surface area contributed by atoms with Gasteiger partial charge in [-0.25, -0.2) is 4.98 Å². The molecule has 0 unspecified atom stereocenters. The van der Waals surface area contributed by atoms with Crippen molar-refractivity contribution in [2.75, 3.05) is 6.54 Å². The topological polar surface area (TPSA) is 29.9 Å². The standard InChI is InChI=1S/C10H15F2N3/c11-10(12)15-5-4-14-9(15)7-13-6-8-2-1-3-8/h4-5,8,10,13H,1-3,6-7H2. The summed E-state index contributed by atoms with van der Waals surface area (Å²) >= 11 is 0. The molecule has 0 aromatic carbocycles. The summed E-state index contributed by atoms with van der Waals surface area (Å²) in [5, 5.41) is 3.17. The fourth-order valence-electron chi connectivity index (χ4n) is 1.74. The van der Waals surface area contributed by atoms with Gasteiger partial charge in [-0.15, -0.1) is 0 Å². The predicted molar refractivity (Wildman–Crippen MR) is 52.5 cm³/mol. The van der Waals surface area contributed by atoms with Crippen LogP contribution >= 0.6 is 0 Å². The minimum atomic E-state index is -2.49. The fraction of sp³-hybridized carbons (Fsp3) is 0.700. The fourth-order valence-corrected chi connectivity index (χ4v) is 1.74. The van der Waals surface area contributed by atoms with Crippen molar-refractivity contribution in [2.45, 2.75) is 32.4 Å². The zero-order chi connectivity index (χ0) is 10.7. The number of aromatic nitrogens is 2. The van der Waals surface area contributed by atoms with Gasteiger partial charge in [0.2, 0.25) is 0 Å². The van der Waals surface area contributed by atoms with Crippen LogP contribution in [0.4, 0.5) is 8.78 Å². The molecule has 1 heterocycles. The highest BCUT2D eigenvalue weighted by Gasteiger charge is 2.17. The van der Waals surface area contributed by atoms with Crippen LogP contribution in [0.5, 0.6) is 0 Å². The minimum absolute atomic E-state index is 0.407. The van der Waals surface area contributed by atoms with E-state index in [-0.39, 0.29) is 0 Å². The van der Waals surface area contributed by atoms with E-state index in [1.165, 1.54) is 31.7 Å². The number of halogens is 2. The Hall–Kier alpha value is -0.970. The lowest BCUT2D eigenvalue weighted by molar-refractivity contribution is 0.0665. The van der Waals surface area contributed by atoms with Crippen LogP contribution in [0, 0.1) is 5.92 Å². The van der Waals surface area contributed by atoms with Crippen molar-refractivity contribution < 1.29 is 8.78 Å². The number of rotatable bonds is 5. The Bertz CT molecular complexity index is 307. The molecule has 2 rings (SSSR count). The molecule has 3 nitrogen and oxygen atoms in total. The molecular formula is C10H15F2N3. The highest BCUT2D eigenvalue weighted by molar-refractivity contribution is 4.92. The van der Waals surface area contributed by atoms with Crippen molar-refractivity contribution in [3.63, 3.8) is 0 Å². The van der Waals surface area contributed by atoms with E-state index in [2.05, 4.69) is 10.3 Å². The lowest BCUT2D eigenvalue weighted by atomic mass is 9.85. The monoisotopic (exact) mass is 215 g/mol. The number of hydrogen-bond acceptors (Lipinski definition) is 2. The molecule has 1 fully saturated rings. The molecule has 0 bridgehead atoms. The molecule has 1 saturated carbocycles. The summed E-state index contributed by atoms with van der Waals surface area (Å²) in [4.78, 5) is 3.90. The van der Waals surface area contributed by atoms with E-state index in [9.17, 15) is 8.78 Å². The summed E-state index contributed by atoms with van der Waals surface area (Å²) in [6.07, 6.45) is 6.54. The van der Waals surface area contributed by atoms with Crippen LogP contribution in [-0.2, 0) is 6.54 Å². The van der Waals surface area contributed by atoms with E-state index < -0.39 is 6.55 Å². The van der Waals surface area contributed by atoms with Gasteiger partial charge < -0.3 is 5.32 Å². The number of imidazole rings is 1. The smallest absolute Gasteiger partial charge is 0.310 e. The van der Waals surface area contributed by atoms with Gasteiger partial charge >= 0.3 is 6.55 Å². The summed E-state index contributed by atoms with van der Waals surface area (Å²) < 4.78 is 25.7. The van der Waals surface area contributed by atoms with E-state index in [1.807, 2.05) is 0 Å². The van der Waals surface area contributed by atoms with Crippen LogP contribution in [-0.4, -0.2) is 16.1 Å². The van der Waals surface area contributed by atoms with Crippen LogP contribution in [0.15, 0.2) is 12.4 Å². The van der Waals surface area contributed by atoms with Crippen LogP contribution in [0.3, 0.4) is 0 Å². The number of alkyl halides is 2. The van der Waals surface area contributed by atoms with Gasteiger partial charge in [-0.3, -0.25) is 4.57 Å². The summed E-state index contributed by atoms with van der Waals surface area (Å²) in [5.74, 6) is 1.14. The van der Waals surface area contributed by atoms with Gasteiger partial charge in [-0.05, 0) is 25.3 Å². The second kappa shape index (κ2) is 4.70. The van der Waals surface area contributed by atoms with Crippen molar-refractivity contribution in [3.05, 3.63) is 18.2 Å². The molecule has 1 N–H and O–H groups in total.